The van der Waals surface area contributed by atoms with Gasteiger partial charge >= 0.3 is 0 Å². The van der Waals surface area contributed by atoms with Gasteiger partial charge in [0.25, 0.3) is 0 Å². The fourth-order valence-electron chi connectivity index (χ4n) is 4.23. The van der Waals surface area contributed by atoms with Gasteiger partial charge < -0.3 is 0 Å². The molecule has 0 aromatic heterocycles. The SMILES string of the molecule is CCCCCCCCCCCCCCCCCCCCCCCCCCCF. The lowest BCUT2D eigenvalue weighted by atomic mass is 10.0. The van der Waals surface area contributed by atoms with Crippen LogP contribution < -0.4 is 0 Å². The summed E-state index contributed by atoms with van der Waals surface area (Å²) >= 11 is 0. The summed E-state index contributed by atoms with van der Waals surface area (Å²) in [5.41, 5.74) is 0. The Hall–Kier alpha value is -0.0700. The Balaban J connectivity index is 2.96. The summed E-state index contributed by atoms with van der Waals surface area (Å²) < 4.78 is 12.0. The van der Waals surface area contributed by atoms with Crippen molar-refractivity contribution >= 4 is 0 Å². The molecule has 0 aliphatic carbocycles. The van der Waals surface area contributed by atoms with Gasteiger partial charge in [-0.15, -0.1) is 0 Å². The number of rotatable bonds is 25. The second-order valence-electron chi connectivity index (χ2n) is 9.17. The first-order valence-electron chi connectivity index (χ1n) is 13.5. The number of unbranched alkanes of at least 4 members (excludes halogenated alkanes) is 24. The smallest absolute Gasteiger partial charge is 0.0894 e. The van der Waals surface area contributed by atoms with Gasteiger partial charge in [-0.2, -0.15) is 0 Å². The molecular formula is C27H55F. The molecule has 0 amide bonds. The van der Waals surface area contributed by atoms with Gasteiger partial charge in [-0.1, -0.05) is 161 Å². The molecule has 0 rings (SSSR count). The predicted molar refractivity (Wildman–Crippen MR) is 127 cm³/mol. The lowest BCUT2D eigenvalue weighted by molar-refractivity contribution is 0.448. The van der Waals surface area contributed by atoms with Gasteiger partial charge in [-0.3, -0.25) is 4.39 Å². The maximum absolute atomic E-state index is 12.0. The largest absolute Gasteiger partial charge is 0.251 e. The highest BCUT2D eigenvalue weighted by Gasteiger charge is 1.96. The molecule has 0 aliphatic heterocycles. The summed E-state index contributed by atoms with van der Waals surface area (Å²) in [5.74, 6) is 0. The second kappa shape index (κ2) is 26.9. The van der Waals surface area contributed by atoms with Gasteiger partial charge in [-0.05, 0) is 6.42 Å². The molecular weight excluding hydrogens is 343 g/mol. The van der Waals surface area contributed by atoms with Crippen LogP contribution in [0.5, 0.6) is 0 Å². The molecule has 28 heavy (non-hydrogen) atoms. The Morgan fingerprint density at radius 3 is 0.643 bits per heavy atom. The van der Waals surface area contributed by atoms with Crippen LogP contribution >= 0.6 is 0 Å². The second-order valence-corrected chi connectivity index (χ2v) is 9.17. The first kappa shape index (κ1) is 27.9. The topological polar surface area (TPSA) is 0 Å². The van der Waals surface area contributed by atoms with E-state index in [1.54, 1.807) is 0 Å². The van der Waals surface area contributed by atoms with E-state index in [0.717, 1.165) is 12.8 Å². The van der Waals surface area contributed by atoms with E-state index in [-0.39, 0.29) is 6.67 Å². The van der Waals surface area contributed by atoms with Crippen molar-refractivity contribution in [2.24, 2.45) is 0 Å². The molecule has 170 valence electrons. The van der Waals surface area contributed by atoms with Crippen molar-refractivity contribution in [1.82, 2.24) is 0 Å². The molecule has 0 atom stereocenters. The number of alkyl halides is 1. The van der Waals surface area contributed by atoms with E-state index in [1.807, 2.05) is 0 Å². The molecule has 0 aromatic rings. The third-order valence-electron chi connectivity index (χ3n) is 6.24. The molecule has 0 heterocycles. The minimum Gasteiger partial charge on any atom is -0.251 e. The van der Waals surface area contributed by atoms with Gasteiger partial charge in [-0.25, -0.2) is 0 Å². The zero-order valence-electron chi connectivity index (χ0n) is 19.8. The maximum Gasteiger partial charge on any atom is 0.0894 e. The Morgan fingerprint density at radius 1 is 0.286 bits per heavy atom. The van der Waals surface area contributed by atoms with Crippen LogP contribution in [0.1, 0.15) is 167 Å². The number of hydrogen-bond donors (Lipinski definition) is 0. The summed E-state index contributed by atoms with van der Waals surface area (Å²) in [4.78, 5) is 0. The molecule has 0 bridgehead atoms. The third kappa shape index (κ3) is 25.9. The monoisotopic (exact) mass is 398 g/mol. The highest BCUT2D eigenvalue weighted by Crippen LogP contribution is 2.15. The maximum atomic E-state index is 12.0. The zero-order valence-corrected chi connectivity index (χ0v) is 19.8. The highest BCUT2D eigenvalue weighted by molar-refractivity contribution is 4.51. The van der Waals surface area contributed by atoms with E-state index < -0.39 is 0 Å². The fraction of sp³-hybridized carbons (Fsp3) is 1.00. The Bertz CT molecular complexity index is 225. The van der Waals surface area contributed by atoms with Gasteiger partial charge in [0.2, 0.25) is 0 Å². The van der Waals surface area contributed by atoms with Crippen molar-refractivity contribution < 1.29 is 4.39 Å². The van der Waals surface area contributed by atoms with E-state index in [4.69, 9.17) is 0 Å². The Morgan fingerprint density at radius 2 is 0.464 bits per heavy atom. The fourth-order valence-corrected chi connectivity index (χ4v) is 4.23. The standard InChI is InChI=1S/C27H55F/c1-2-3-4-5-6-7-8-9-10-11-12-13-14-15-16-17-18-19-20-21-22-23-24-25-26-27-28/h2-27H2,1H3. The molecule has 1 heteroatoms. The third-order valence-corrected chi connectivity index (χ3v) is 6.24. The summed E-state index contributed by atoms with van der Waals surface area (Å²) in [7, 11) is 0. The molecule has 0 spiro atoms. The van der Waals surface area contributed by atoms with E-state index in [1.165, 1.54) is 148 Å². The van der Waals surface area contributed by atoms with Crippen LogP contribution in [0.3, 0.4) is 0 Å². The lowest BCUT2D eigenvalue weighted by Gasteiger charge is -2.04. The van der Waals surface area contributed by atoms with E-state index >= 15 is 0 Å². The minimum absolute atomic E-state index is 0.126. The van der Waals surface area contributed by atoms with Crippen LogP contribution in [0.25, 0.3) is 0 Å². The molecule has 0 radical (unpaired) electrons. The average molecular weight is 399 g/mol. The van der Waals surface area contributed by atoms with Crippen molar-refractivity contribution in [2.45, 2.75) is 167 Å². The van der Waals surface area contributed by atoms with Crippen LogP contribution in [0.2, 0.25) is 0 Å². The normalized spacial score (nSPS) is 11.4. The predicted octanol–water partition coefficient (Wildman–Crippen LogP) is 10.7. The molecule has 0 aromatic carbocycles. The number of hydrogen-bond acceptors (Lipinski definition) is 0. The summed E-state index contributed by atoms with van der Waals surface area (Å²) in [5, 5.41) is 0. The average Bonchev–Trinajstić information content (AvgIpc) is 2.71. The Kier molecular flexibility index (Phi) is 26.9. The van der Waals surface area contributed by atoms with Crippen LogP contribution in [-0.4, -0.2) is 6.67 Å². The summed E-state index contributed by atoms with van der Waals surface area (Å²) in [6.45, 7) is 2.17. The molecule has 0 unspecified atom stereocenters. The van der Waals surface area contributed by atoms with Crippen molar-refractivity contribution in [3.63, 3.8) is 0 Å². The summed E-state index contributed by atoms with van der Waals surface area (Å²) in [6.07, 6.45) is 34.9. The zero-order chi connectivity index (χ0) is 20.4. The van der Waals surface area contributed by atoms with Crippen molar-refractivity contribution in [3.05, 3.63) is 0 Å². The van der Waals surface area contributed by atoms with Gasteiger partial charge in [0, 0.05) is 0 Å². The van der Waals surface area contributed by atoms with E-state index in [2.05, 4.69) is 6.92 Å². The number of halogens is 1. The lowest BCUT2D eigenvalue weighted by Crippen LogP contribution is -1.84. The minimum atomic E-state index is -0.126. The van der Waals surface area contributed by atoms with Crippen molar-refractivity contribution in [3.8, 4) is 0 Å². The molecule has 0 aliphatic rings. The first-order chi connectivity index (χ1) is 13.9. The molecule has 0 fully saturated rings. The van der Waals surface area contributed by atoms with Crippen LogP contribution in [0.4, 0.5) is 4.39 Å². The van der Waals surface area contributed by atoms with Crippen molar-refractivity contribution in [1.29, 1.82) is 0 Å². The Labute approximate surface area is 178 Å². The first-order valence-corrected chi connectivity index (χ1v) is 13.5. The van der Waals surface area contributed by atoms with Crippen LogP contribution in [0.15, 0.2) is 0 Å². The van der Waals surface area contributed by atoms with Crippen LogP contribution in [0, 0.1) is 0 Å². The highest BCUT2D eigenvalue weighted by atomic mass is 19.1. The quantitative estimate of drug-likeness (QED) is 0.134. The van der Waals surface area contributed by atoms with Gasteiger partial charge in [0.1, 0.15) is 0 Å². The van der Waals surface area contributed by atoms with Crippen molar-refractivity contribution in [2.75, 3.05) is 6.67 Å². The van der Waals surface area contributed by atoms with E-state index in [0.29, 0.717) is 0 Å². The van der Waals surface area contributed by atoms with Gasteiger partial charge in [0.15, 0.2) is 0 Å². The molecule has 0 nitrogen and oxygen atoms in total. The molecule has 0 N–H and O–H groups in total. The molecule has 0 saturated heterocycles. The van der Waals surface area contributed by atoms with Gasteiger partial charge in [0.05, 0.1) is 6.67 Å². The van der Waals surface area contributed by atoms with Crippen LogP contribution in [-0.2, 0) is 0 Å². The van der Waals surface area contributed by atoms with E-state index in [9.17, 15) is 4.39 Å². The summed E-state index contributed by atoms with van der Waals surface area (Å²) in [6, 6.07) is 0. The molecule has 0 saturated carbocycles.